The Hall–Kier alpha value is -1.52. The molecule has 5 heteroatoms. The third-order valence-electron chi connectivity index (χ3n) is 3.31. The maximum absolute atomic E-state index is 12.2. The third kappa shape index (κ3) is 1.78. The van der Waals surface area contributed by atoms with Crippen molar-refractivity contribution in [3.8, 4) is 0 Å². The lowest BCUT2D eigenvalue weighted by Gasteiger charge is -2.47. The smallest absolute Gasteiger partial charge is 0.411 e. The van der Waals surface area contributed by atoms with E-state index in [2.05, 4.69) is 6.58 Å². The van der Waals surface area contributed by atoms with E-state index in [1.54, 1.807) is 27.7 Å². The predicted molar refractivity (Wildman–Crippen MR) is 65.0 cm³/mol. The Kier molecular flexibility index (Phi) is 2.68. The molecule has 0 aromatic heterocycles. The van der Waals surface area contributed by atoms with Crippen molar-refractivity contribution >= 4 is 12.1 Å². The maximum Gasteiger partial charge on any atom is 0.411 e. The molecule has 1 amide bonds. The lowest BCUT2D eigenvalue weighted by Crippen LogP contribution is -2.69. The monoisotopic (exact) mass is 253 g/mol. The molecule has 1 spiro atoms. The van der Waals surface area contributed by atoms with Crippen LogP contribution in [0.4, 0.5) is 4.79 Å². The molecule has 2 heterocycles. The van der Waals surface area contributed by atoms with E-state index in [1.165, 1.54) is 4.90 Å². The second kappa shape index (κ2) is 3.73. The number of carbonyl (C=O) groups excluding carboxylic acids is 2. The molecule has 0 saturated carbocycles. The zero-order valence-corrected chi connectivity index (χ0v) is 11.3. The largest absolute Gasteiger partial charge is 0.458 e. The van der Waals surface area contributed by atoms with Crippen molar-refractivity contribution < 1.29 is 19.1 Å². The average Bonchev–Trinajstić information content (AvgIpc) is 2.57. The molecule has 5 nitrogen and oxygen atoms in total. The van der Waals surface area contributed by atoms with Crippen LogP contribution in [0.1, 0.15) is 34.1 Å². The van der Waals surface area contributed by atoms with E-state index in [-0.39, 0.29) is 12.1 Å². The third-order valence-corrected chi connectivity index (χ3v) is 3.31. The molecule has 0 aliphatic carbocycles. The quantitative estimate of drug-likeness (QED) is 0.488. The lowest BCUT2D eigenvalue weighted by molar-refractivity contribution is -0.202. The first-order valence-corrected chi connectivity index (χ1v) is 6.05. The highest BCUT2D eigenvalue weighted by atomic mass is 16.6. The highest BCUT2D eigenvalue weighted by Gasteiger charge is 2.64. The van der Waals surface area contributed by atoms with Gasteiger partial charge in [-0.05, 0) is 27.7 Å². The van der Waals surface area contributed by atoms with Crippen LogP contribution in [0, 0.1) is 0 Å². The minimum atomic E-state index is -0.889. The van der Waals surface area contributed by atoms with Crippen molar-refractivity contribution in [2.45, 2.75) is 51.4 Å². The Bertz CT molecular complexity index is 423. The number of carbonyl (C=O) groups is 2. The summed E-state index contributed by atoms with van der Waals surface area (Å²) in [5.41, 5.74) is -0.622. The zero-order valence-electron chi connectivity index (χ0n) is 11.3. The van der Waals surface area contributed by atoms with Crippen LogP contribution in [0.25, 0.3) is 0 Å². The first kappa shape index (κ1) is 12.9. The van der Waals surface area contributed by atoms with Gasteiger partial charge < -0.3 is 9.47 Å². The fourth-order valence-electron chi connectivity index (χ4n) is 2.46. The van der Waals surface area contributed by atoms with Gasteiger partial charge in [0.1, 0.15) is 11.7 Å². The number of likely N-dealkylation sites (tertiary alicyclic amines) is 1. The van der Waals surface area contributed by atoms with Gasteiger partial charge in [-0.1, -0.05) is 12.2 Å². The standard InChI is InChI=1S/C13H19NO4/c1-8-6-13(9(2)17-10(13)15)14(7-8)11(16)18-12(3,4)5/h9H,1,6-7H2,2-5H3. The Morgan fingerprint density at radius 3 is 2.61 bits per heavy atom. The fourth-order valence-corrected chi connectivity index (χ4v) is 2.46. The number of esters is 1. The van der Waals surface area contributed by atoms with Crippen LogP contribution in [0.3, 0.4) is 0 Å². The average molecular weight is 253 g/mol. The van der Waals surface area contributed by atoms with Crippen LogP contribution in [-0.4, -0.2) is 40.8 Å². The summed E-state index contributed by atoms with van der Waals surface area (Å²) in [7, 11) is 0. The Morgan fingerprint density at radius 2 is 2.17 bits per heavy atom. The van der Waals surface area contributed by atoms with Crippen LogP contribution in [0.2, 0.25) is 0 Å². The van der Waals surface area contributed by atoms with Gasteiger partial charge in [-0.3, -0.25) is 4.90 Å². The van der Waals surface area contributed by atoms with E-state index >= 15 is 0 Å². The van der Waals surface area contributed by atoms with E-state index < -0.39 is 17.2 Å². The summed E-state index contributed by atoms with van der Waals surface area (Å²) < 4.78 is 10.3. The molecule has 0 radical (unpaired) electrons. The highest BCUT2D eigenvalue weighted by Crippen LogP contribution is 2.44. The van der Waals surface area contributed by atoms with Crippen molar-refractivity contribution in [2.24, 2.45) is 0 Å². The minimum absolute atomic E-state index is 0.309. The van der Waals surface area contributed by atoms with Crippen molar-refractivity contribution in [1.82, 2.24) is 4.90 Å². The molecule has 2 rings (SSSR count). The SMILES string of the molecule is C=C1CN(C(=O)OC(C)(C)C)C2(C1)C(=O)OC2C. The Morgan fingerprint density at radius 1 is 1.56 bits per heavy atom. The molecular weight excluding hydrogens is 234 g/mol. The van der Waals surface area contributed by atoms with Crippen molar-refractivity contribution in [2.75, 3.05) is 6.54 Å². The van der Waals surface area contributed by atoms with Crippen LogP contribution < -0.4 is 0 Å². The zero-order chi connectivity index (χ0) is 13.7. The molecule has 18 heavy (non-hydrogen) atoms. The number of hydrogen-bond donors (Lipinski definition) is 0. The van der Waals surface area contributed by atoms with Crippen LogP contribution in [0.15, 0.2) is 12.2 Å². The van der Waals surface area contributed by atoms with Gasteiger partial charge in [-0.2, -0.15) is 0 Å². The number of hydrogen-bond acceptors (Lipinski definition) is 4. The Balaban J connectivity index is 2.24. The summed E-state index contributed by atoms with van der Waals surface area (Å²) in [4.78, 5) is 25.4. The van der Waals surface area contributed by atoms with Gasteiger partial charge >= 0.3 is 12.1 Å². The number of ether oxygens (including phenoxy) is 2. The van der Waals surface area contributed by atoms with Gasteiger partial charge in [0.2, 0.25) is 0 Å². The molecule has 0 aromatic carbocycles. The van der Waals surface area contributed by atoms with E-state index in [1.807, 2.05) is 0 Å². The summed E-state index contributed by atoms with van der Waals surface area (Å²) in [6, 6.07) is 0. The first-order chi connectivity index (χ1) is 8.17. The summed E-state index contributed by atoms with van der Waals surface area (Å²) >= 11 is 0. The molecule has 0 N–H and O–H groups in total. The van der Waals surface area contributed by atoms with Crippen LogP contribution in [0.5, 0.6) is 0 Å². The van der Waals surface area contributed by atoms with E-state index in [4.69, 9.17) is 9.47 Å². The second-order valence-electron chi connectivity index (χ2n) is 5.97. The Labute approximate surface area is 107 Å². The second-order valence-corrected chi connectivity index (χ2v) is 5.97. The van der Waals surface area contributed by atoms with E-state index in [0.29, 0.717) is 13.0 Å². The summed E-state index contributed by atoms with van der Waals surface area (Å²) in [6.45, 7) is 11.4. The topological polar surface area (TPSA) is 55.8 Å². The van der Waals surface area contributed by atoms with Gasteiger partial charge in [-0.25, -0.2) is 9.59 Å². The molecule has 2 fully saturated rings. The summed E-state index contributed by atoms with van der Waals surface area (Å²) in [5.74, 6) is -0.362. The van der Waals surface area contributed by atoms with Gasteiger partial charge in [0, 0.05) is 13.0 Å². The molecule has 100 valence electrons. The van der Waals surface area contributed by atoms with Crippen LogP contribution in [-0.2, 0) is 14.3 Å². The van der Waals surface area contributed by atoms with Crippen molar-refractivity contribution in [1.29, 1.82) is 0 Å². The van der Waals surface area contributed by atoms with Crippen molar-refractivity contribution in [3.63, 3.8) is 0 Å². The molecule has 2 saturated heterocycles. The maximum atomic E-state index is 12.2. The highest BCUT2D eigenvalue weighted by molar-refractivity contribution is 5.92. The number of nitrogens with zero attached hydrogens (tertiary/aromatic N) is 1. The number of cyclic esters (lactones) is 1. The van der Waals surface area contributed by atoms with Gasteiger partial charge in [0.25, 0.3) is 0 Å². The minimum Gasteiger partial charge on any atom is -0.458 e. The van der Waals surface area contributed by atoms with Gasteiger partial charge in [0.05, 0.1) is 0 Å². The van der Waals surface area contributed by atoms with Gasteiger partial charge in [0.15, 0.2) is 5.54 Å². The number of rotatable bonds is 0. The first-order valence-electron chi connectivity index (χ1n) is 6.05. The van der Waals surface area contributed by atoms with Gasteiger partial charge in [-0.15, -0.1) is 0 Å². The summed E-state index contributed by atoms with van der Waals surface area (Å²) in [6.07, 6.45) is -0.326. The van der Waals surface area contributed by atoms with Crippen molar-refractivity contribution in [3.05, 3.63) is 12.2 Å². The normalized spacial score (nSPS) is 31.3. The van der Waals surface area contributed by atoms with E-state index in [0.717, 1.165) is 5.57 Å². The molecule has 0 aromatic rings. The molecule has 2 unspecified atom stereocenters. The predicted octanol–water partition coefficient (Wildman–Crippen LogP) is 1.87. The molecule has 2 aliphatic heterocycles. The molecule has 0 bridgehead atoms. The number of amides is 1. The molecular formula is C13H19NO4. The fraction of sp³-hybridized carbons (Fsp3) is 0.692. The molecule has 2 atom stereocenters. The van der Waals surface area contributed by atoms with E-state index in [9.17, 15) is 9.59 Å². The lowest BCUT2D eigenvalue weighted by atomic mass is 9.84. The molecule has 2 aliphatic rings. The van der Waals surface area contributed by atoms with Crippen LogP contribution >= 0.6 is 0 Å². The summed E-state index contributed by atoms with van der Waals surface area (Å²) in [5, 5.41) is 0.